The van der Waals surface area contributed by atoms with E-state index < -0.39 is 5.82 Å². The molecule has 2 heterocycles. The number of pyridine rings is 1. The Morgan fingerprint density at radius 3 is 3.00 bits per heavy atom. The number of amides is 1. The summed E-state index contributed by atoms with van der Waals surface area (Å²) in [6.45, 7) is 4.17. The quantitative estimate of drug-likeness (QED) is 0.866. The molecule has 1 unspecified atom stereocenters. The van der Waals surface area contributed by atoms with E-state index in [1.54, 1.807) is 4.90 Å². The Bertz CT molecular complexity index is 480. The van der Waals surface area contributed by atoms with E-state index in [0.29, 0.717) is 19.1 Å². The largest absolute Gasteiger partial charge is 0.383 e. The molecule has 1 aliphatic rings. The van der Waals surface area contributed by atoms with Crippen molar-refractivity contribution < 1.29 is 9.18 Å². The summed E-state index contributed by atoms with van der Waals surface area (Å²) in [4.78, 5) is 20.0. The maximum absolute atomic E-state index is 13.2. The smallest absolute Gasteiger partial charge is 0.257 e. The zero-order chi connectivity index (χ0) is 14.0. The molecule has 1 aromatic rings. The first-order chi connectivity index (χ1) is 9.02. The summed E-state index contributed by atoms with van der Waals surface area (Å²) in [5, 5.41) is 0. The molecule has 1 aromatic heterocycles. The molecule has 104 valence electrons. The molecule has 6 heteroatoms. The van der Waals surface area contributed by atoms with E-state index in [4.69, 9.17) is 5.73 Å². The van der Waals surface area contributed by atoms with Crippen molar-refractivity contribution in [3.63, 3.8) is 0 Å². The van der Waals surface area contributed by atoms with E-state index in [1.165, 1.54) is 0 Å². The van der Waals surface area contributed by atoms with Crippen molar-refractivity contribution in [2.24, 2.45) is 0 Å². The fourth-order valence-corrected chi connectivity index (χ4v) is 2.36. The number of nitrogen functional groups attached to an aromatic ring is 1. The number of piperazine rings is 1. The second-order valence-electron chi connectivity index (χ2n) is 4.88. The molecule has 0 aromatic carbocycles. The number of carbonyl (C=O) groups excluding carboxylic acids is 1. The molecule has 5 nitrogen and oxygen atoms in total. The normalized spacial score (nSPS) is 20.6. The minimum atomic E-state index is -0.543. The minimum absolute atomic E-state index is 0.0818. The molecule has 1 atom stereocenters. The van der Waals surface area contributed by atoms with Gasteiger partial charge in [-0.3, -0.25) is 9.69 Å². The summed E-state index contributed by atoms with van der Waals surface area (Å²) in [5.41, 5.74) is 5.81. The average Bonchev–Trinajstić information content (AvgIpc) is 2.41. The van der Waals surface area contributed by atoms with E-state index in [2.05, 4.69) is 16.8 Å². The highest BCUT2D eigenvalue weighted by atomic mass is 19.1. The minimum Gasteiger partial charge on any atom is -0.383 e. The number of aromatic nitrogens is 1. The third-order valence-electron chi connectivity index (χ3n) is 3.65. The van der Waals surface area contributed by atoms with E-state index in [0.717, 1.165) is 25.2 Å². The summed E-state index contributed by atoms with van der Waals surface area (Å²) >= 11 is 0. The summed E-state index contributed by atoms with van der Waals surface area (Å²) in [6, 6.07) is 1.49. The van der Waals surface area contributed by atoms with E-state index in [1.807, 2.05) is 7.05 Å². The van der Waals surface area contributed by atoms with E-state index >= 15 is 0 Å². The van der Waals surface area contributed by atoms with Crippen LogP contribution < -0.4 is 5.73 Å². The average molecular weight is 266 g/mol. The number of anilines is 1. The Morgan fingerprint density at radius 1 is 1.58 bits per heavy atom. The van der Waals surface area contributed by atoms with Gasteiger partial charge in [0.25, 0.3) is 5.91 Å². The van der Waals surface area contributed by atoms with Crippen molar-refractivity contribution in [2.45, 2.75) is 19.4 Å². The number of hydrogen-bond donors (Lipinski definition) is 1. The molecule has 0 aliphatic carbocycles. The van der Waals surface area contributed by atoms with Crippen molar-refractivity contribution in [2.75, 3.05) is 32.4 Å². The highest BCUT2D eigenvalue weighted by Crippen LogP contribution is 2.17. The van der Waals surface area contributed by atoms with Gasteiger partial charge in [0.15, 0.2) is 0 Å². The molecule has 0 bridgehead atoms. The van der Waals surface area contributed by atoms with Crippen LogP contribution in [0.3, 0.4) is 0 Å². The number of likely N-dealkylation sites (N-methyl/N-ethyl adjacent to an activating group) is 1. The van der Waals surface area contributed by atoms with Gasteiger partial charge in [-0.05, 0) is 19.5 Å². The predicted octanol–water partition coefficient (Wildman–Crippen LogP) is 0.969. The van der Waals surface area contributed by atoms with Gasteiger partial charge in [-0.15, -0.1) is 0 Å². The van der Waals surface area contributed by atoms with Crippen molar-refractivity contribution >= 4 is 11.7 Å². The molecule has 0 radical (unpaired) electrons. The summed E-state index contributed by atoms with van der Waals surface area (Å²) in [7, 11) is 2.05. The van der Waals surface area contributed by atoms with E-state index in [-0.39, 0.29) is 17.3 Å². The van der Waals surface area contributed by atoms with Gasteiger partial charge < -0.3 is 10.6 Å². The van der Waals surface area contributed by atoms with Gasteiger partial charge in [0.05, 0.1) is 11.8 Å². The van der Waals surface area contributed by atoms with Gasteiger partial charge in [-0.2, -0.15) is 0 Å². The highest BCUT2D eigenvalue weighted by Gasteiger charge is 2.28. The molecule has 1 fully saturated rings. The number of nitrogens with two attached hydrogens (primary N) is 1. The van der Waals surface area contributed by atoms with Crippen LogP contribution in [0.4, 0.5) is 10.2 Å². The first kappa shape index (κ1) is 13.7. The number of halogens is 1. The number of nitrogens with zero attached hydrogens (tertiary/aromatic N) is 3. The maximum atomic E-state index is 13.2. The van der Waals surface area contributed by atoms with Crippen LogP contribution in [0, 0.1) is 5.82 Å². The monoisotopic (exact) mass is 266 g/mol. The molecule has 1 saturated heterocycles. The lowest BCUT2D eigenvalue weighted by atomic mass is 10.1. The van der Waals surface area contributed by atoms with Crippen LogP contribution in [0.5, 0.6) is 0 Å². The SMILES string of the molecule is CCC1CN(C(=O)c2cc(F)cnc2N)CCN1C. The summed E-state index contributed by atoms with van der Waals surface area (Å²) < 4.78 is 13.2. The van der Waals surface area contributed by atoms with Gasteiger partial charge in [0.2, 0.25) is 0 Å². The lowest BCUT2D eigenvalue weighted by Gasteiger charge is -2.39. The lowest BCUT2D eigenvalue weighted by Crippen LogP contribution is -2.53. The van der Waals surface area contributed by atoms with Crippen LogP contribution in [0.1, 0.15) is 23.7 Å². The Morgan fingerprint density at radius 2 is 2.32 bits per heavy atom. The maximum Gasteiger partial charge on any atom is 0.257 e. The van der Waals surface area contributed by atoms with Crippen LogP contribution in [-0.4, -0.2) is 53.4 Å². The highest BCUT2D eigenvalue weighted by molar-refractivity contribution is 5.98. The van der Waals surface area contributed by atoms with Crippen LogP contribution in [-0.2, 0) is 0 Å². The third kappa shape index (κ3) is 2.84. The zero-order valence-electron chi connectivity index (χ0n) is 11.3. The molecule has 0 saturated carbocycles. The van der Waals surface area contributed by atoms with Gasteiger partial charge in [0, 0.05) is 25.7 Å². The zero-order valence-corrected chi connectivity index (χ0v) is 11.3. The number of rotatable bonds is 2. The van der Waals surface area contributed by atoms with Gasteiger partial charge in [-0.1, -0.05) is 6.92 Å². The number of carbonyl (C=O) groups is 1. The fraction of sp³-hybridized carbons (Fsp3) is 0.538. The van der Waals surface area contributed by atoms with Gasteiger partial charge in [0.1, 0.15) is 11.6 Å². The van der Waals surface area contributed by atoms with Gasteiger partial charge >= 0.3 is 0 Å². The molecule has 1 amide bonds. The summed E-state index contributed by atoms with van der Waals surface area (Å²) in [5.74, 6) is -0.701. The Balaban J connectivity index is 2.18. The van der Waals surface area contributed by atoms with Crippen molar-refractivity contribution in [1.82, 2.24) is 14.8 Å². The third-order valence-corrected chi connectivity index (χ3v) is 3.65. The molecular formula is C13H19FN4O. The molecule has 19 heavy (non-hydrogen) atoms. The molecular weight excluding hydrogens is 247 g/mol. The Kier molecular flexibility index (Phi) is 3.99. The Hall–Kier alpha value is -1.69. The molecule has 1 aliphatic heterocycles. The molecule has 0 spiro atoms. The molecule has 2 N–H and O–H groups in total. The van der Waals surface area contributed by atoms with Crippen LogP contribution in [0.2, 0.25) is 0 Å². The lowest BCUT2D eigenvalue weighted by molar-refractivity contribution is 0.0542. The Labute approximate surface area is 112 Å². The molecule has 2 rings (SSSR count). The van der Waals surface area contributed by atoms with Gasteiger partial charge in [-0.25, -0.2) is 9.37 Å². The van der Waals surface area contributed by atoms with Crippen LogP contribution in [0.15, 0.2) is 12.3 Å². The van der Waals surface area contributed by atoms with Crippen LogP contribution in [0.25, 0.3) is 0 Å². The van der Waals surface area contributed by atoms with E-state index in [9.17, 15) is 9.18 Å². The fourth-order valence-electron chi connectivity index (χ4n) is 2.36. The van der Waals surface area contributed by atoms with Crippen molar-refractivity contribution in [3.8, 4) is 0 Å². The predicted molar refractivity (Wildman–Crippen MR) is 71.2 cm³/mol. The first-order valence-electron chi connectivity index (χ1n) is 6.43. The van der Waals surface area contributed by atoms with Crippen molar-refractivity contribution in [3.05, 3.63) is 23.6 Å². The summed E-state index contributed by atoms with van der Waals surface area (Å²) in [6.07, 6.45) is 1.99. The first-order valence-corrected chi connectivity index (χ1v) is 6.43. The van der Waals surface area contributed by atoms with Crippen molar-refractivity contribution in [1.29, 1.82) is 0 Å². The van der Waals surface area contributed by atoms with Crippen LogP contribution >= 0.6 is 0 Å². The number of hydrogen-bond acceptors (Lipinski definition) is 4. The second-order valence-corrected chi connectivity index (χ2v) is 4.88. The standard InChI is InChI=1S/C13H19FN4O/c1-3-10-8-18(5-4-17(10)2)13(19)11-6-9(14)7-16-12(11)15/h6-7,10H,3-5,8H2,1-2H3,(H2,15,16). The topological polar surface area (TPSA) is 62.5 Å². The second kappa shape index (κ2) is 5.52.